The molecule has 0 fully saturated rings. The topological polar surface area (TPSA) is 128 Å². The maximum Gasteiger partial charge on any atom is 0.269 e. The summed E-state index contributed by atoms with van der Waals surface area (Å²) >= 11 is 0. The van der Waals surface area contributed by atoms with E-state index in [9.17, 15) is 23.3 Å². The molecule has 1 atom stereocenters. The molecule has 0 aliphatic rings. The van der Waals surface area contributed by atoms with E-state index in [0.717, 1.165) is 29.8 Å². The van der Waals surface area contributed by atoms with Crippen LogP contribution in [0.4, 0.5) is 5.69 Å². The van der Waals surface area contributed by atoms with Crippen LogP contribution in [0, 0.1) is 10.1 Å². The van der Waals surface area contributed by atoms with Crippen LogP contribution in [0.25, 0.3) is 0 Å². The van der Waals surface area contributed by atoms with E-state index in [4.69, 9.17) is 4.74 Å². The predicted molar refractivity (Wildman–Crippen MR) is 112 cm³/mol. The molecule has 1 unspecified atom stereocenters. The minimum atomic E-state index is -3.84. The molecule has 9 nitrogen and oxygen atoms in total. The van der Waals surface area contributed by atoms with Crippen molar-refractivity contribution in [1.82, 2.24) is 10.0 Å². The van der Waals surface area contributed by atoms with Crippen LogP contribution in [0.15, 0.2) is 53.4 Å². The first-order valence-corrected chi connectivity index (χ1v) is 10.9. The van der Waals surface area contributed by atoms with Crippen molar-refractivity contribution in [3.63, 3.8) is 0 Å². The van der Waals surface area contributed by atoms with Gasteiger partial charge in [-0.1, -0.05) is 32.0 Å². The molecule has 0 spiro atoms. The van der Waals surface area contributed by atoms with Crippen LogP contribution < -0.4 is 14.8 Å². The third-order valence-corrected chi connectivity index (χ3v) is 5.77. The zero-order valence-electron chi connectivity index (χ0n) is 17.0. The first kappa shape index (κ1) is 23.3. The van der Waals surface area contributed by atoms with Gasteiger partial charge >= 0.3 is 0 Å². The van der Waals surface area contributed by atoms with Crippen molar-refractivity contribution in [1.29, 1.82) is 0 Å². The van der Waals surface area contributed by atoms with Gasteiger partial charge in [-0.25, -0.2) is 13.1 Å². The van der Waals surface area contributed by atoms with Crippen LogP contribution in [0.1, 0.15) is 32.3 Å². The van der Waals surface area contributed by atoms with E-state index in [1.165, 1.54) is 0 Å². The summed E-state index contributed by atoms with van der Waals surface area (Å²) < 4.78 is 32.5. The molecule has 1 amide bonds. The number of para-hydroxylation sites is 1. The predicted octanol–water partition coefficient (Wildman–Crippen LogP) is 2.58. The molecule has 0 aliphatic heterocycles. The molecule has 0 aliphatic carbocycles. The average Bonchev–Trinajstić information content (AvgIpc) is 2.71. The molecule has 2 aromatic rings. The number of non-ortho nitro benzene ring substituents is 1. The standard InChI is InChI=1S/C20H25N3O6S/c1-14(2)18-6-4-5-7-19(18)29-15(3)20(24)21-12-13-22-30(27,28)17-10-8-16(9-11-17)23(25)26/h4-11,14-15,22H,12-13H2,1-3H3,(H,21,24). The molecule has 10 heteroatoms. The normalized spacial score (nSPS) is 12.4. The van der Waals surface area contributed by atoms with Gasteiger partial charge in [0.15, 0.2) is 6.10 Å². The fourth-order valence-corrected chi connectivity index (χ4v) is 3.69. The summed E-state index contributed by atoms with van der Waals surface area (Å²) in [4.78, 5) is 22.2. The first-order chi connectivity index (χ1) is 14.1. The summed E-state index contributed by atoms with van der Waals surface area (Å²) in [6, 6.07) is 12.0. The van der Waals surface area contributed by atoms with Crippen LogP contribution in [0.5, 0.6) is 5.75 Å². The van der Waals surface area contributed by atoms with E-state index in [-0.39, 0.29) is 35.5 Å². The lowest BCUT2D eigenvalue weighted by atomic mass is 10.0. The fourth-order valence-electron chi connectivity index (χ4n) is 2.65. The molecule has 0 bridgehead atoms. The Bertz CT molecular complexity index is 990. The summed E-state index contributed by atoms with van der Waals surface area (Å²) in [5.74, 6) is 0.502. The number of carbonyl (C=O) groups is 1. The van der Waals surface area contributed by atoms with Gasteiger partial charge in [0.2, 0.25) is 10.0 Å². The van der Waals surface area contributed by atoms with E-state index in [1.807, 2.05) is 32.0 Å². The number of nitrogens with zero attached hydrogens (tertiary/aromatic N) is 1. The van der Waals surface area contributed by atoms with Crippen LogP contribution in [0.3, 0.4) is 0 Å². The highest BCUT2D eigenvalue weighted by molar-refractivity contribution is 7.89. The van der Waals surface area contributed by atoms with Crippen molar-refractivity contribution in [2.45, 2.75) is 37.7 Å². The fraction of sp³-hybridized carbons (Fsp3) is 0.350. The lowest BCUT2D eigenvalue weighted by Gasteiger charge is -2.18. The van der Waals surface area contributed by atoms with E-state index >= 15 is 0 Å². The second-order valence-corrected chi connectivity index (χ2v) is 8.66. The summed E-state index contributed by atoms with van der Waals surface area (Å²) in [7, 11) is -3.84. The highest BCUT2D eigenvalue weighted by atomic mass is 32.2. The van der Waals surface area contributed by atoms with Crippen molar-refractivity contribution in [2.75, 3.05) is 13.1 Å². The van der Waals surface area contributed by atoms with Crippen molar-refractivity contribution >= 4 is 21.6 Å². The van der Waals surface area contributed by atoms with Crippen LogP contribution in [-0.4, -0.2) is 38.4 Å². The molecule has 0 saturated carbocycles. The SMILES string of the molecule is CC(Oc1ccccc1C(C)C)C(=O)NCCNS(=O)(=O)c1ccc([N+](=O)[O-])cc1. The van der Waals surface area contributed by atoms with Gasteiger partial charge in [-0.3, -0.25) is 14.9 Å². The van der Waals surface area contributed by atoms with Crippen molar-refractivity contribution in [3.05, 3.63) is 64.2 Å². The number of ether oxygens (including phenoxy) is 1. The van der Waals surface area contributed by atoms with Gasteiger partial charge in [0.1, 0.15) is 5.75 Å². The number of rotatable bonds is 10. The van der Waals surface area contributed by atoms with E-state index in [1.54, 1.807) is 13.0 Å². The monoisotopic (exact) mass is 435 g/mol. The van der Waals surface area contributed by atoms with E-state index in [0.29, 0.717) is 5.75 Å². The zero-order chi connectivity index (χ0) is 22.3. The number of benzene rings is 2. The Morgan fingerprint density at radius 3 is 2.30 bits per heavy atom. The molecule has 2 N–H and O–H groups in total. The van der Waals surface area contributed by atoms with E-state index in [2.05, 4.69) is 10.0 Å². The van der Waals surface area contributed by atoms with Gasteiger partial charge in [0, 0.05) is 25.2 Å². The Balaban J connectivity index is 1.84. The Kier molecular flexibility index (Phi) is 7.90. The quantitative estimate of drug-likeness (QED) is 0.335. The Labute approximate surface area is 175 Å². The molecule has 0 heterocycles. The maximum atomic E-state index is 12.2. The number of hydrogen-bond acceptors (Lipinski definition) is 6. The smallest absolute Gasteiger partial charge is 0.269 e. The van der Waals surface area contributed by atoms with Gasteiger partial charge in [-0.05, 0) is 36.6 Å². The molecule has 2 aromatic carbocycles. The Morgan fingerprint density at radius 1 is 1.07 bits per heavy atom. The van der Waals surface area contributed by atoms with Crippen LogP contribution in [-0.2, 0) is 14.8 Å². The highest BCUT2D eigenvalue weighted by Gasteiger charge is 2.18. The van der Waals surface area contributed by atoms with Crippen LogP contribution >= 0.6 is 0 Å². The minimum absolute atomic E-state index is 0.0413. The van der Waals surface area contributed by atoms with Gasteiger partial charge in [-0.2, -0.15) is 0 Å². The molecule has 162 valence electrons. The molecule has 0 radical (unpaired) electrons. The second-order valence-electron chi connectivity index (χ2n) is 6.89. The summed E-state index contributed by atoms with van der Waals surface area (Å²) in [6.45, 7) is 5.70. The lowest BCUT2D eigenvalue weighted by Crippen LogP contribution is -2.40. The minimum Gasteiger partial charge on any atom is -0.481 e. The number of nitro benzene ring substituents is 1. The van der Waals surface area contributed by atoms with Crippen molar-refractivity contribution in [3.8, 4) is 5.75 Å². The van der Waals surface area contributed by atoms with Gasteiger partial charge in [0.05, 0.1) is 9.82 Å². The van der Waals surface area contributed by atoms with Gasteiger partial charge in [0.25, 0.3) is 11.6 Å². The van der Waals surface area contributed by atoms with Crippen LogP contribution in [0.2, 0.25) is 0 Å². The maximum absolute atomic E-state index is 12.2. The Morgan fingerprint density at radius 2 is 1.70 bits per heavy atom. The largest absolute Gasteiger partial charge is 0.481 e. The molecule has 30 heavy (non-hydrogen) atoms. The third kappa shape index (κ3) is 6.26. The first-order valence-electron chi connectivity index (χ1n) is 9.39. The lowest BCUT2D eigenvalue weighted by molar-refractivity contribution is -0.384. The van der Waals surface area contributed by atoms with Crippen molar-refractivity contribution < 1.29 is 22.9 Å². The van der Waals surface area contributed by atoms with Gasteiger partial charge < -0.3 is 10.1 Å². The number of nitrogens with one attached hydrogen (secondary N) is 2. The highest BCUT2D eigenvalue weighted by Crippen LogP contribution is 2.26. The summed E-state index contributed by atoms with van der Waals surface area (Å²) in [5.41, 5.74) is 0.794. The molecule has 2 rings (SSSR count). The van der Waals surface area contributed by atoms with E-state index < -0.39 is 21.1 Å². The number of sulfonamides is 1. The number of amides is 1. The summed E-state index contributed by atoms with van der Waals surface area (Å²) in [5, 5.41) is 13.3. The molecule has 0 saturated heterocycles. The third-order valence-electron chi connectivity index (χ3n) is 4.29. The van der Waals surface area contributed by atoms with Gasteiger partial charge in [-0.15, -0.1) is 0 Å². The zero-order valence-corrected chi connectivity index (χ0v) is 17.8. The average molecular weight is 436 g/mol. The Hall–Kier alpha value is -2.98. The molecular formula is C20H25N3O6S. The van der Waals surface area contributed by atoms with Crippen molar-refractivity contribution in [2.24, 2.45) is 0 Å². The molecular weight excluding hydrogens is 410 g/mol. The summed E-state index contributed by atoms with van der Waals surface area (Å²) in [6.07, 6.45) is -0.754. The number of hydrogen-bond donors (Lipinski definition) is 2. The number of nitro groups is 1. The molecule has 0 aromatic heterocycles. The second kappa shape index (κ2) is 10.2. The number of carbonyl (C=O) groups excluding carboxylic acids is 1.